The SMILES string of the molecule is C[NH2+]C[C@H]1C[NH+]=C(NCCCC2CC[NH2+]C(N)C2)N[C@]12CCC[C@@H](OC1CC(CC[C@H]3C[C@H](OC(C)=O)C[C@@H](C4CC(O)C(O)C(OCCC5CCCNC5)C4)O3)CCC1O)C2. The highest BCUT2D eigenvalue weighted by Gasteiger charge is 2.51. The van der Waals surface area contributed by atoms with Gasteiger partial charge in [-0.05, 0) is 139 Å². The molecule has 3 aliphatic carbocycles. The first kappa shape index (κ1) is 48.3. The molecule has 356 valence electrons. The largest absolute Gasteiger partial charge is 0.462 e. The van der Waals surface area contributed by atoms with Crippen molar-refractivity contribution in [1.82, 2.24) is 16.0 Å². The van der Waals surface area contributed by atoms with Crippen molar-refractivity contribution in [3.05, 3.63) is 0 Å². The summed E-state index contributed by atoms with van der Waals surface area (Å²) in [6.07, 6.45) is 15.8. The van der Waals surface area contributed by atoms with Crippen LogP contribution in [0.2, 0.25) is 0 Å². The Labute approximate surface area is 371 Å². The number of guanidine groups is 1. The summed E-state index contributed by atoms with van der Waals surface area (Å²) >= 11 is 0. The summed E-state index contributed by atoms with van der Waals surface area (Å²) in [7, 11) is 2.17. The highest BCUT2D eigenvalue weighted by Crippen LogP contribution is 2.41. The third-order valence-electron chi connectivity index (χ3n) is 16.2. The molecule has 0 aromatic rings. The van der Waals surface area contributed by atoms with Crippen LogP contribution in [-0.4, -0.2) is 147 Å². The summed E-state index contributed by atoms with van der Waals surface area (Å²) in [6.45, 7) is 8.20. The van der Waals surface area contributed by atoms with Crippen LogP contribution in [0.4, 0.5) is 0 Å². The van der Waals surface area contributed by atoms with Crippen molar-refractivity contribution in [1.29, 1.82) is 0 Å². The van der Waals surface area contributed by atoms with Crippen LogP contribution in [0.5, 0.6) is 0 Å². The van der Waals surface area contributed by atoms with Gasteiger partial charge in [0, 0.05) is 39.2 Å². The van der Waals surface area contributed by atoms with Crippen molar-refractivity contribution >= 4 is 11.9 Å². The molecule has 13 N–H and O–H groups in total. The predicted molar refractivity (Wildman–Crippen MR) is 235 cm³/mol. The number of nitrogens with one attached hydrogen (secondary N) is 4. The molecule has 7 rings (SSSR count). The second kappa shape index (κ2) is 23.7. The number of aliphatic hydroxyl groups is 3. The summed E-state index contributed by atoms with van der Waals surface area (Å²) in [4.78, 5) is 15.9. The quantitative estimate of drug-likeness (QED) is 0.0619. The lowest BCUT2D eigenvalue weighted by Gasteiger charge is -2.46. The number of aliphatic hydroxyl groups excluding tert-OH is 3. The minimum Gasteiger partial charge on any atom is -0.462 e. The van der Waals surface area contributed by atoms with E-state index in [0.29, 0.717) is 50.0 Å². The van der Waals surface area contributed by atoms with Crippen molar-refractivity contribution in [2.45, 2.75) is 202 Å². The van der Waals surface area contributed by atoms with Crippen LogP contribution in [0.25, 0.3) is 0 Å². The normalized spacial score (nSPS) is 41.8. The monoisotopic (exact) mass is 879 g/mol. The third kappa shape index (κ3) is 13.7. The predicted octanol–water partition coefficient (Wildman–Crippen LogP) is -1.14. The number of carbonyl (C=O) groups is 1. The maximum Gasteiger partial charge on any atom is 0.343 e. The van der Waals surface area contributed by atoms with E-state index >= 15 is 0 Å². The summed E-state index contributed by atoms with van der Waals surface area (Å²) in [5.74, 6) is 2.96. The Morgan fingerprint density at radius 2 is 1.82 bits per heavy atom. The molecule has 0 aromatic carbocycles. The molecule has 15 heteroatoms. The van der Waals surface area contributed by atoms with Crippen molar-refractivity contribution in [3.63, 3.8) is 0 Å². The maximum absolute atomic E-state index is 12.2. The van der Waals surface area contributed by atoms with Crippen LogP contribution < -0.4 is 37.3 Å². The van der Waals surface area contributed by atoms with Gasteiger partial charge in [0.2, 0.25) is 0 Å². The molecule has 0 aromatic heterocycles. The molecule has 4 heterocycles. The molecule has 0 bridgehead atoms. The number of carbonyl (C=O) groups excluding carboxylic acids is 1. The van der Waals surface area contributed by atoms with Crippen LogP contribution >= 0.6 is 0 Å². The highest BCUT2D eigenvalue weighted by molar-refractivity contribution is 5.75. The fourth-order valence-electron chi connectivity index (χ4n) is 12.7. The zero-order valence-electron chi connectivity index (χ0n) is 38.4. The Morgan fingerprint density at radius 1 is 0.952 bits per heavy atom. The van der Waals surface area contributed by atoms with Gasteiger partial charge in [-0.25, -0.2) is 0 Å². The molecule has 1 spiro atoms. The number of hydrogen-bond donors (Lipinski definition) is 10. The molecule has 7 aliphatic rings. The number of esters is 1. The molecule has 62 heavy (non-hydrogen) atoms. The molecule has 15 nitrogen and oxygen atoms in total. The smallest absolute Gasteiger partial charge is 0.343 e. The van der Waals surface area contributed by atoms with E-state index < -0.39 is 24.4 Å². The first-order valence-electron chi connectivity index (χ1n) is 25.4. The number of hydrogen-bond acceptors (Lipinski definition) is 12. The number of quaternary nitrogens is 2. The van der Waals surface area contributed by atoms with Gasteiger partial charge >= 0.3 is 11.9 Å². The average Bonchev–Trinajstić information content (AvgIpc) is 3.25. The molecule has 6 fully saturated rings. The summed E-state index contributed by atoms with van der Waals surface area (Å²) in [5.41, 5.74) is 6.16. The Balaban J connectivity index is 0.898. The fourth-order valence-corrected chi connectivity index (χ4v) is 12.7. The van der Waals surface area contributed by atoms with Gasteiger partial charge in [0.05, 0.1) is 87.4 Å². The lowest BCUT2D eigenvalue weighted by molar-refractivity contribution is -0.699. The molecule has 3 saturated heterocycles. The molecule has 10 unspecified atom stereocenters. The van der Waals surface area contributed by atoms with Gasteiger partial charge < -0.3 is 50.2 Å². The van der Waals surface area contributed by atoms with Gasteiger partial charge in [0.25, 0.3) is 0 Å². The van der Waals surface area contributed by atoms with Gasteiger partial charge in [-0.2, -0.15) is 0 Å². The van der Waals surface area contributed by atoms with Gasteiger partial charge in [0.1, 0.15) is 18.4 Å². The number of piperidine rings is 2. The molecule has 3 saturated carbocycles. The number of ether oxygens (including phenoxy) is 4. The Bertz CT molecular complexity index is 1390. The van der Waals surface area contributed by atoms with Crippen LogP contribution in [0.1, 0.15) is 135 Å². The number of nitrogens with two attached hydrogens (primary N) is 3. The van der Waals surface area contributed by atoms with E-state index in [1.54, 1.807) is 0 Å². The number of rotatable bonds is 17. The van der Waals surface area contributed by atoms with Crippen LogP contribution in [-0.2, 0) is 23.7 Å². The van der Waals surface area contributed by atoms with Gasteiger partial charge in [-0.1, -0.05) is 0 Å². The Kier molecular flexibility index (Phi) is 18.4. The lowest BCUT2D eigenvalue weighted by Crippen LogP contribution is -2.94. The second-order valence-electron chi connectivity index (χ2n) is 20.9. The topological polar surface area (TPSA) is 224 Å². The van der Waals surface area contributed by atoms with Crippen LogP contribution in [0.15, 0.2) is 0 Å². The van der Waals surface area contributed by atoms with Crippen molar-refractivity contribution in [2.75, 3.05) is 52.9 Å². The van der Waals surface area contributed by atoms with E-state index in [1.807, 2.05) is 0 Å². The lowest BCUT2D eigenvalue weighted by atomic mass is 9.70. The van der Waals surface area contributed by atoms with E-state index in [9.17, 15) is 20.1 Å². The van der Waals surface area contributed by atoms with Crippen molar-refractivity contribution < 1.29 is 54.7 Å². The van der Waals surface area contributed by atoms with E-state index in [1.165, 1.54) is 32.6 Å². The average molecular weight is 879 g/mol. The van der Waals surface area contributed by atoms with E-state index in [-0.39, 0.29) is 54.1 Å². The van der Waals surface area contributed by atoms with Crippen LogP contribution in [0, 0.1) is 29.6 Å². The highest BCUT2D eigenvalue weighted by atomic mass is 16.6. The zero-order chi connectivity index (χ0) is 43.5. The molecular weight excluding hydrogens is 791 g/mol. The molecule has 4 aliphatic heterocycles. The van der Waals surface area contributed by atoms with Gasteiger partial charge in [-0.15, -0.1) is 0 Å². The van der Waals surface area contributed by atoms with Crippen molar-refractivity contribution in [2.24, 2.45) is 35.3 Å². The Morgan fingerprint density at radius 3 is 2.63 bits per heavy atom. The summed E-state index contributed by atoms with van der Waals surface area (Å²) in [6, 6.07) is 0. The third-order valence-corrected chi connectivity index (χ3v) is 16.2. The first-order chi connectivity index (χ1) is 30.1. The molecular formula is C47H88N7O8+3. The van der Waals surface area contributed by atoms with E-state index in [0.717, 1.165) is 128 Å². The maximum atomic E-state index is 12.2. The second-order valence-corrected chi connectivity index (χ2v) is 20.9. The first-order valence-corrected chi connectivity index (χ1v) is 25.4. The molecule has 0 amide bonds. The van der Waals surface area contributed by atoms with E-state index in [2.05, 4.69) is 38.6 Å². The molecule has 0 radical (unpaired) electrons. The standard InChI is InChI=1S/C47H85N7O8/c1-30(55)60-38-24-36(61-41(25-38)34-22-40(57)45(58)43(23-34)59-19-14-33-7-4-16-50-27-33)11-9-32-10-12-39(56)42(20-32)62-37-8-3-15-47(26-37)35(28-49-2)29-53-46(54-47)52-17-5-6-31-13-18-51-44(48)21-31/h31-45,49-51,56-58H,3-29,48H2,1-2H3,(H2,52,53,54)/p+3/t31?,32?,33?,34?,35-,36-,37+,38-,39?,40?,41-,42?,43?,44?,45?,47-/m0/s1. The van der Waals surface area contributed by atoms with Gasteiger partial charge in [-0.3, -0.25) is 26.2 Å². The minimum absolute atomic E-state index is 0.00384. The van der Waals surface area contributed by atoms with Crippen LogP contribution in [0.3, 0.4) is 0 Å². The zero-order valence-corrected chi connectivity index (χ0v) is 38.4. The summed E-state index contributed by atoms with van der Waals surface area (Å²) in [5, 5.41) is 49.0. The fraction of sp³-hybridized carbons (Fsp3) is 0.957. The summed E-state index contributed by atoms with van der Waals surface area (Å²) < 4.78 is 25.9. The van der Waals surface area contributed by atoms with Crippen molar-refractivity contribution in [3.8, 4) is 0 Å². The minimum atomic E-state index is -0.916. The molecule has 16 atom stereocenters. The van der Waals surface area contributed by atoms with Gasteiger partial charge in [0.15, 0.2) is 0 Å². The Hall–Kier alpha value is -1.66. The van der Waals surface area contributed by atoms with E-state index in [4.69, 9.17) is 24.7 Å².